The summed E-state index contributed by atoms with van der Waals surface area (Å²) < 4.78 is 14.2. The lowest BCUT2D eigenvalue weighted by Gasteiger charge is -2.42. The van der Waals surface area contributed by atoms with E-state index in [1.165, 1.54) is 6.07 Å². The van der Waals surface area contributed by atoms with Gasteiger partial charge in [0.05, 0.1) is 12.1 Å². The van der Waals surface area contributed by atoms with Crippen molar-refractivity contribution in [3.8, 4) is 0 Å². The molecule has 0 aliphatic carbocycles. The van der Waals surface area contributed by atoms with E-state index in [1.807, 2.05) is 13.0 Å². The largest absolute Gasteiger partial charge is 0.394 e. The van der Waals surface area contributed by atoms with Crippen LogP contribution in [0.25, 0.3) is 0 Å². The van der Waals surface area contributed by atoms with Crippen LogP contribution in [0.2, 0.25) is 0 Å². The van der Waals surface area contributed by atoms with E-state index in [-0.39, 0.29) is 12.4 Å². The Hall–Kier alpha value is -0.970. The number of nitrogens with zero attached hydrogens (tertiary/aromatic N) is 1. The van der Waals surface area contributed by atoms with Gasteiger partial charge in [-0.1, -0.05) is 25.1 Å². The summed E-state index contributed by atoms with van der Waals surface area (Å²) in [5, 5.41) is 13.3. The Labute approximate surface area is 114 Å². The fourth-order valence-electron chi connectivity index (χ4n) is 2.99. The number of halogens is 1. The highest BCUT2D eigenvalue weighted by molar-refractivity contribution is 5.27. The quantitative estimate of drug-likeness (QED) is 0.871. The summed E-state index contributed by atoms with van der Waals surface area (Å²) >= 11 is 0. The second-order valence-corrected chi connectivity index (χ2v) is 5.11. The molecule has 1 aromatic carbocycles. The van der Waals surface area contributed by atoms with Gasteiger partial charge >= 0.3 is 0 Å². The fourth-order valence-corrected chi connectivity index (χ4v) is 2.99. The second-order valence-electron chi connectivity index (χ2n) is 5.11. The van der Waals surface area contributed by atoms with Crippen LogP contribution in [0.3, 0.4) is 0 Å². The lowest BCUT2D eigenvalue weighted by atomic mass is 9.85. The predicted octanol–water partition coefficient (Wildman–Crippen LogP) is 1.72. The maximum Gasteiger partial charge on any atom is 0.128 e. The molecule has 4 heteroatoms. The monoisotopic (exact) mass is 266 g/mol. The van der Waals surface area contributed by atoms with Crippen LogP contribution >= 0.6 is 0 Å². The van der Waals surface area contributed by atoms with E-state index in [4.69, 9.17) is 0 Å². The molecule has 0 spiro atoms. The van der Waals surface area contributed by atoms with Gasteiger partial charge < -0.3 is 10.4 Å². The molecule has 1 atom stereocenters. The van der Waals surface area contributed by atoms with Gasteiger partial charge in [-0.05, 0) is 25.5 Å². The minimum atomic E-state index is -0.600. The first-order valence-electron chi connectivity index (χ1n) is 7.06. The van der Waals surface area contributed by atoms with Crippen LogP contribution in [0.4, 0.5) is 4.39 Å². The normalized spacial score (nSPS) is 20.8. The molecule has 1 aliphatic rings. The first-order chi connectivity index (χ1) is 9.24. The van der Waals surface area contributed by atoms with Crippen LogP contribution in [-0.2, 0) is 5.54 Å². The number of rotatable bonds is 4. The van der Waals surface area contributed by atoms with Crippen molar-refractivity contribution >= 4 is 0 Å². The number of nitrogens with one attached hydrogen (secondary N) is 1. The molecule has 0 bridgehead atoms. The lowest BCUT2D eigenvalue weighted by Crippen LogP contribution is -2.50. The van der Waals surface area contributed by atoms with E-state index in [2.05, 4.69) is 10.2 Å². The molecule has 1 aromatic rings. The van der Waals surface area contributed by atoms with Crippen LogP contribution in [0.1, 0.15) is 25.3 Å². The lowest BCUT2D eigenvalue weighted by molar-refractivity contribution is 0.0240. The summed E-state index contributed by atoms with van der Waals surface area (Å²) in [6.07, 6.45) is 1.72. The van der Waals surface area contributed by atoms with Gasteiger partial charge in [-0.15, -0.1) is 0 Å². The molecule has 2 rings (SSSR count). The summed E-state index contributed by atoms with van der Waals surface area (Å²) in [4.78, 5) is 2.23. The first kappa shape index (κ1) is 14.4. The van der Waals surface area contributed by atoms with Crippen molar-refractivity contribution < 1.29 is 9.50 Å². The SMILES string of the molecule is CCC(CO)(c1ccccc1F)N1CCCNCC1. The fraction of sp³-hybridized carbons (Fsp3) is 0.600. The summed E-state index contributed by atoms with van der Waals surface area (Å²) in [5.74, 6) is -0.226. The molecule has 2 N–H and O–H groups in total. The van der Waals surface area contributed by atoms with Gasteiger partial charge in [-0.25, -0.2) is 4.39 Å². The molecule has 1 aliphatic heterocycles. The molecule has 0 aromatic heterocycles. The zero-order chi connectivity index (χ0) is 13.7. The van der Waals surface area contributed by atoms with E-state index < -0.39 is 5.54 Å². The molecule has 1 unspecified atom stereocenters. The van der Waals surface area contributed by atoms with Gasteiger partial charge in [0.15, 0.2) is 0 Å². The average Bonchev–Trinajstić information content (AvgIpc) is 2.72. The minimum absolute atomic E-state index is 0.0512. The highest BCUT2D eigenvalue weighted by Crippen LogP contribution is 2.33. The summed E-state index contributed by atoms with van der Waals surface area (Å²) in [6.45, 7) is 5.55. The van der Waals surface area contributed by atoms with Crippen molar-refractivity contribution in [1.29, 1.82) is 0 Å². The Morgan fingerprint density at radius 3 is 2.79 bits per heavy atom. The van der Waals surface area contributed by atoms with Crippen molar-refractivity contribution in [3.63, 3.8) is 0 Å². The van der Waals surface area contributed by atoms with Crippen molar-refractivity contribution in [2.24, 2.45) is 0 Å². The third kappa shape index (κ3) is 2.81. The molecule has 19 heavy (non-hydrogen) atoms. The Morgan fingerprint density at radius 2 is 2.11 bits per heavy atom. The average molecular weight is 266 g/mol. The van der Waals surface area contributed by atoms with Crippen molar-refractivity contribution in [1.82, 2.24) is 10.2 Å². The predicted molar refractivity (Wildman–Crippen MR) is 74.5 cm³/mol. The Bertz CT molecular complexity index is 399. The molecule has 0 saturated carbocycles. The van der Waals surface area contributed by atoms with Crippen LogP contribution in [-0.4, -0.2) is 42.8 Å². The first-order valence-corrected chi connectivity index (χ1v) is 7.06. The van der Waals surface area contributed by atoms with Crippen LogP contribution in [0.5, 0.6) is 0 Å². The molecule has 3 nitrogen and oxygen atoms in total. The van der Waals surface area contributed by atoms with Crippen molar-refractivity contribution in [2.45, 2.75) is 25.3 Å². The summed E-state index contributed by atoms with van der Waals surface area (Å²) in [5.41, 5.74) is 0.0130. The van der Waals surface area contributed by atoms with Crippen LogP contribution < -0.4 is 5.32 Å². The molecule has 0 amide bonds. The zero-order valence-electron chi connectivity index (χ0n) is 11.5. The topological polar surface area (TPSA) is 35.5 Å². The maximum absolute atomic E-state index is 14.2. The van der Waals surface area contributed by atoms with E-state index in [0.717, 1.165) is 32.6 Å². The molecule has 106 valence electrons. The molecular weight excluding hydrogens is 243 g/mol. The number of aliphatic hydroxyl groups is 1. The second kappa shape index (κ2) is 6.46. The van der Waals surface area contributed by atoms with Gasteiger partial charge in [0.1, 0.15) is 5.82 Å². The van der Waals surface area contributed by atoms with Crippen LogP contribution in [0.15, 0.2) is 24.3 Å². The number of hydrogen-bond acceptors (Lipinski definition) is 3. The maximum atomic E-state index is 14.2. The highest BCUT2D eigenvalue weighted by atomic mass is 19.1. The van der Waals surface area contributed by atoms with Gasteiger partial charge in [-0.3, -0.25) is 4.90 Å². The molecule has 1 heterocycles. The standard InChI is InChI=1S/C15H23FN2O/c1-2-15(12-19,13-6-3-4-7-14(13)16)18-10-5-8-17-9-11-18/h3-4,6-7,17,19H,2,5,8-12H2,1H3. The van der Waals surface area contributed by atoms with Gasteiger partial charge in [-0.2, -0.15) is 0 Å². The van der Waals surface area contributed by atoms with Crippen LogP contribution in [0, 0.1) is 5.82 Å². The van der Waals surface area contributed by atoms with E-state index >= 15 is 0 Å². The highest BCUT2D eigenvalue weighted by Gasteiger charge is 2.38. The number of hydrogen-bond donors (Lipinski definition) is 2. The van der Waals surface area contributed by atoms with Gasteiger partial charge in [0.2, 0.25) is 0 Å². The molecule has 1 saturated heterocycles. The Morgan fingerprint density at radius 1 is 1.32 bits per heavy atom. The van der Waals surface area contributed by atoms with Gasteiger partial charge in [0, 0.05) is 25.2 Å². The van der Waals surface area contributed by atoms with E-state index in [9.17, 15) is 9.50 Å². The van der Waals surface area contributed by atoms with Crippen molar-refractivity contribution in [3.05, 3.63) is 35.6 Å². The Balaban J connectivity index is 2.38. The third-order valence-corrected chi connectivity index (χ3v) is 4.17. The third-order valence-electron chi connectivity index (χ3n) is 4.17. The van der Waals surface area contributed by atoms with E-state index in [0.29, 0.717) is 12.0 Å². The Kier molecular flexibility index (Phi) is 4.91. The number of aliphatic hydroxyl groups excluding tert-OH is 1. The molecular formula is C15H23FN2O. The minimum Gasteiger partial charge on any atom is -0.394 e. The van der Waals surface area contributed by atoms with E-state index in [1.54, 1.807) is 12.1 Å². The number of benzene rings is 1. The smallest absolute Gasteiger partial charge is 0.128 e. The summed E-state index contributed by atoms with van der Waals surface area (Å²) in [6, 6.07) is 6.81. The molecule has 1 fully saturated rings. The zero-order valence-corrected chi connectivity index (χ0v) is 11.5. The molecule has 0 radical (unpaired) electrons. The summed E-state index contributed by atoms with van der Waals surface area (Å²) in [7, 11) is 0. The van der Waals surface area contributed by atoms with Crippen molar-refractivity contribution in [2.75, 3.05) is 32.8 Å². The van der Waals surface area contributed by atoms with Gasteiger partial charge in [0.25, 0.3) is 0 Å².